The molecule has 0 aromatic rings. The van der Waals surface area contributed by atoms with Crippen LogP contribution in [0.5, 0.6) is 0 Å². The van der Waals surface area contributed by atoms with Crippen LogP contribution in [0.1, 0.15) is 65.7 Å². The van der Waals surface area contributed by atoms with Crippen molar-refractivity contribution < 1.29 is 4.79 Å². The summed E-state index contributed by atoms with van der Waals surface area (Å²) in [5, 5.41) is 0. The Bertz CT molecular complexity index is 488. The average Bonchev–Trinajstić information content (AvgIpc) is 2.82. The van der Waals surface area contributed by atoms with Crippen molar-refractivity contribution in [2.75, 3.05) is 13.1 Å². The Balaban J connectivity index is 0.00000156. The fourth-order valence-electron chi connectivity index (χ4n) is 7.42. The van der Waals surface area contributed by atoms with Gasteiger partial charge >= 0.3 is 0 Å². The summed E-state index contributed by atoms with van der Waals surface area (Å²) in [5.74, 6) is 1.78. The second kappa shape index (κ2) is 5.36. The number of amides is 1. The van der Waals surface area contributed by atoms with E-state index in [-0.39, 0.29) is 23.9 Å². The molecule has 0 spiro atoms. The van der Waals surface area contributed by atoms with Crippen LogP contribution >= 0.6 is 12.4 Å². The molecule has 4 saturated carbocycles. The van der Waals surface area contributed by atoms with E-state index in [1.54, 1.807) is 0 Å². The van der Waals surface area contributed by atoms with Gasteiger partial charge in [-0.3, -0.25) is 4.79 Å². The Hall–Kier alpha value is -0.280. The molecule has 4 bridgehead atoms. The average molecular weight is 341 g/mol. The van der Waals surface area contributed by atoms with E-state index in [0.717, 1.165) is 44.7 Å². The fourth-order valence-corrected chi connectivity index (χ4v) is 7.42. The Morgan fingerprint density at radius 2 is 1.74 bits per heavy atom. The van der Waals surface area contributed by atoms with Crippen LogP contribution in [0.3, 0.4) is 0 Å². The van der Waals surface area contributed by atoms with E-state index >= 15 is 0 Å². The molecule has 5 rings (SSSR count). The van der Waals surface area contributed by atoms with Gasteiger partial charge in [-0.05, 0) is 74.5 Å². The van der Waals surface area contributed by atoms with E-state index in [0.29, 0.717) is 22.7 Å². The zero-order valence-corrected chi connectivity index (χ0v) is 15.8. The van der Waals surface area contributed by atoms with E-state index in [4.69, 9.17) is 5.73 Å². The predicted molar refractivity (Wildman–Crippen MR) is 95.4 cm³/mol. The molecule has 1 heterocycles. The summed E-state index contributed by atoms with van der Waals surface area (Å²) in [5.41, 5.74) is 6.88. The molecule has 0 radical (unpaired) electrons. The maximum absolute atomic E-state index is 13.4. The van der Waals surface area contributed by atoms with Crippen LogP contribution in [0, 0.1) is 28.1 Å². The second-order valence-electron chi connectivity index (χ2n) is 10.1. The predicted octanol–water partition coefficient (Wildman–Crippen LogP) is 3.60. The van der Waals surface area contributed by atoms with Gasteiger partial charge in [0.05, 0.1) is 5.41 Å². The number of hydrogen-bond acceptors (Lipinski definition) is 2. The number of nitrogens with two attached hydrogens (primary N) is 1. The highest BCUT2D eigenvalue weighted by Gasteiger charge is 2.63. The number of halogens is 1. The molecule has 5 fully saturated rings. The van der Waals surface area contributed by atoms with Crippen molar-refractivity contribution in [3.8, 4) is 0 Å². The molecule has 4 aliphatic carbocycles. The van der Waals surface area contributed by atoms with Crippen molar-refractivity contribution in [3.05, 3.63) is 0 Å². The summed E-state index contributed by atoms with van der Waals surface area (Å²) in [6.45, 7) is 8.83. The molecule has 3 nitrogen and oxygen atoms in total. The van der Waals surface area contributed by atoms with Gasteiger partial charge in [0.25, 0.3) is 0 Å². The lowest BCUT2D eigenvalue weighted by Crippen LogP contribution is -2.60. The van der Waals surface area contributed by atoms with Gasteiger partial charge in [-0.25, -0.2) is 0 Å². The summed E-state index contributed by atoms with van der Waals surface area (Å²) < 4.78 is 0. The Morgan fingerprint density at radius 3 is 2.22 bits per heavy atom. The molecule has 4 atom stereocenters. The zero-order valence-electron chi connectivity index (χ0n) is 14.9. The molecule has 23 heavy (non-hydrogen) atoms. The van der Waals surface area contributed by atoms with Crippen molar-refractivity contribution >= 4 is 18.3 Å². The third-order valence-corrected chi connectivity index (χ3v) is 7.34. The summed E-state index contributed by atoms with van der Waals surface area (Å²) in [7, 11) is 0. The maximum atomic E-state index is 13.4. The van der Waals surface area contributed by atoms with Gasteiger partial charge in [0.15, 0.2) is 0 Å². The first-order valence-corrected chi connectivity index (χ1v) is 9.28. The molecule has 1 aliphatic heterocycles. The monoisotopic (exact) mass is 340 g/mol. The highest BCUT2D eigenvalue weighted by molar-refractivity contribution is 5.85. The fraction of sp³-hybridized carbons (Fsp3) is 0.947. The van der Waals surface area contributed by atoms with Crippen LogP contribution in [-0.4, -0.2) is 29.9 Å². The minimum Gasteiger partial charge on any atom is -0.342 e. The molecule has 2 N–H and O–H groups in total. The first-order valence-electron chi connectivity index (χ1n) is 9.28. The Morgan fingerprint density at radius 1 is 1.13 bits per heavy atom. The van der Waals surface area contributed by atoms with Crippen molar-refractivity contribution in [3.63, 3.8) is 0 Å². The normalized spacial score (nSPS) is 49.1. The lowest BCUT2D eigenvalue weighted by atomic mass is 9.40. The first-order chi connectivity index (χ1) is 10.2. The number of rotatable bonds is 2. The number of likely N-dealkylation sites (tertiary alicyclic amines) is 1. The van der Waals surface area contributed by atoms with Gasteiger partial charge in [0.1, 0.15) is 0 Å². The molecule has 1 saturated heterocycles. The van der Waals surface area contributed by atoms with Crippen molar-refractivity contribution in [2.24, 2.45) is 33.8 Å². The molecule has 4 unspecified atom stereocenters. The summed E-state index contributed by atoms with van der Waals surface area (Å²) in [6, 6.07) is 0.212. The van der Waals surface area contributed by atoms with Crippen LogP contribution < -0.4 is 5.73 Å². The van der Waals surface area contributed by atoms with Crippen molar-refractivity contribution in [2.45, 2.75) is 71.8 Å². The first kappa shape index (κ1) is 17.5. The molecule has 132 valence electrons. The van der Waals surface area contributed by atoms with Crippen LogP contribution in [-0.2, 0) is 4.79 Å². The van der Waals surface area contributed by atoms with Crippen molar-refractivity contribution in [1.82, 2.24) is 4.90 Å². The smallest absolute Gasteiger partial charge is 0.228 e. The quantitative estimate of drug-likeness (QED) is 0.834. The summed E-state index contributed by atoms with van der Waals surface area (Å²) in [4.78, 5) is 15.6. The van der Waals surface area contributed by atoms with E-state index < -0.39 is 0 Å². The zero-order chi connectivity index (χ0) is 15.8. The van der Waals surface area contributed by atoms with Crippen LogP contribution in [0.25, 0.3) is 0 Å². The van der Waals surface area contributed by atoms with Gasteiger partial charge in [-0.2, -0.15) is 0 Å². The molecular weight excluding hydrogens is 308 g/mol. The van der Waals surface area contributed by atoms with E-state index in [9.17, 15) is 4.79 Å². The van der Waals surface area contributed by atoms with Crippen LogP contribution in [0.2, 0.25) is 0 Å². The molecule has 0 aromatic heterocycles. The molecular formula is C19H33ClN2O. The lowest BCUT2D eigenvalue weighted by Gasteiger charge is -2.65. The van der Waals surface area contributed by atoms with E-state index in [2.05, 4.69) is 25.7 Å². The standard InChI is InChI=1S/C19H32N2O.ClH/c1-13(20)15-4-5-21(9-15)16(22)19-8-14-6-17(2,11-19)10-18(3,7-14)12-19;/h13-15H,4-12,20H2,1-3H3;1H. The van der Waals surface area contributed by atoms with Crippen LogP contribution in [0.15, 0.2) is 0 Å². The molecule has 4 heteroatoms. The molecule has 5 aliphatic rings. The van der Waals surface area contributed by atoms with Gasteiger partial charge < -0.3 is 10.6 Å². The second-order valence-corrected chi connectivity index (χ2v) is 10.1. The minimum atomic E-state index is -0.0321. The minimum absolute atomic E-state index is 0. The van der Waals surface area contributed by atoms with Crippen LogP contribution in [0.4, 0.5) is 0 Å². The highest BCUT2D eigenvalue weighted by atomic mass is 35.5. The SMILES string of the molecule is CC(N)C1CCN(C(=O)C23CC4CC(C)(CC(C)(C4)C2)C3)C1.Cl. The lowest BCUT2D eigenvalue weighted by molar-refractivity contribution is -0.178. The van der Waals surface area contributed by atoms with E-state index in [1.807, 2.05) is 0 Å². The largest absolute Gasteiger partial charge is 0.342 e. The Kier molecular flexibility index (Phi) is 4.09. The number of hydrogen-bond donors (Lipinski definition) is 1. The number of nitrogens with zero attached hydrogens (tertiary/aromatic N) is 1. The number of carbonyl (C=O) groups is 1. The van der Waals surface area contributed by atoms with Gasteiger partial charge in [-0.15, -0.1) is 12.4 Å². The molecule has 0 aromatic carbocycles. The van der Waals surface area contributed by atoms with Gasteiger partial charge in [0.2, 0.25) is 5.91 Å². The topological polar surface area (TPSA) is 46.3 Å². The van der Waals surface area contributed by atoms with Gasteiger partial charge in [0, 0.05) is 19.1 Å². The Labute approximate surface area is 147 Å². The maximum Gasteiger partial charge on any atom is 0.228 e. The van der Waals surface area contributed by atoms with Gasteiger partial charge in [-0.1, -0.05) is 13.8 Å². The van der Waals surface area contributed by atoms with E-state index in [1.165, 1.54) is 19.3 Å². The molecule has 1 amide bonds. The highest BCUT2D eigenvalue weighted by Crippen LogP contribution is 2.69. The third kappa shape index (κ3) is 2.72. The number of carbonyl (C=O) groups excluding carboxylic acids is 1. The van der Waals surface area contributed by atoms with Crippen molar-refractivity contribution in [1.29, 1.82) is 0 Å². The summed E-state index contributed by atoms with van der Waals surface area (Å²) >= 11 is 0. The third-order valence-electron chi connectivity index (χ3n) is 7.34. The summed E-state index contributed by atoms with van der Waals surface area (Å²) in [6.07, 6.45) is 8.61.